The minimum Gasteiger partial charge on any atom is -0.310 e. The number of nitrogens with one attached hydrogen (secondary N) is 1. The molecule has 0 aliphatic rings. The number of likely N-dealkylation sites (N-methyl/N-ethyl adjacent to an activating group) is 1. The molecular formula is C16H16F3N. The molecular weight excluding hydrogens is 263 g/mol. The van der Waals surface area contributed by atoms with Crippen molar-refractivity contribution in [3.8, 4) is 0 Å². The van der Waals surface area contributed by atoms with Crippen LogP contribution in [0.4, 0.5) is 13.2 Å². The van der Waals surface area contributed by atoms with Crippen molar-refractivity contribution in [1.29, 1.82) is 0 Å². The largest absolute Gasteiger partial charge is 0.310 e. The number of hydrogen-bond acceptors (Lipinski definition) is 1. The summed E-state index contributed by atoms with van der Waals surface area (Å²) in [5.41, 5.74) is 1.30. The SMILES string of the molecule is CCNC(Cc1cccc(F)c1)c1cc(F)cc(F)c1. The van der Waals surface area contributed by atoms with Gasteiger partial charge in [0.15, 0.2) is 0 Å². The summed E-state index contributed by atoms with van der Waals surface area (Å²) in [5, 5.41) is 3.17. The molecule has 0 saturated heterocycles. The van der Waals surface area contributed by atoms with Crippen LogP contribution in [0.15, 0.2) is 42.5 Å². The lowest BCUT2D eigenvalue weighted by Crippen LogP contribution is -2.23. The second kappa shape index (κ2) is 6.57. The van der Waals surface area contributed by atoms with Crippen molar-refractivity contribution in [1.82, 2.24) is 5.32 Å². The highest BCUT2D eigenvalue weighted by Gasteiger charge is 2.14. The van der Waals surface area contributed by atoms with Gasteiger partial charge in [0.05, 0.1) is 0 Å². The van der Waals surface area contributed by atoms with Crippen molar-refractivity contribution < 1.29 is 13.2 Å². The van der Waals surface area contributed by atoms with E-state index in [4.69, 9.17) is 0 Å². The highest BCUT2D eigenvalue weighted by atomic mass is 19.1. The van der Waals surface area contributed by atoms with Gasteiger partial charge in [-0.1, -0.05) is 19.1 Å². The molecule has 106 valence electrons. The molecule has 1 N–H and O–H groups in total. The molecule has 0 spiro atoms. The molecule has 0 aliphatic carbocycles. The van der Waals surface area contributed by atoms with E-state index in [1.165, 1.54) is 24.3 Å². The van der Waals surface area contributed by atoms with Crippen molar-refractivity contribution in [3.05, 3.63) is 71.0 Å². The highest BCUT2D eigenvalue weighted by molar-refractivity contribution is 5.25. The summed E-state index contributed by atoms with van der Waals surface area (Å²) >= 11 is 0. The summed E-state index contributed by atoms with van der Waals surface area (Å²) < 4.78 is 39.8. The van der Waals surface area contributed by atoms with E-state index in [0.29, 0.717) is 18.5 Å². The monoisotopic (exact) mass is 279 g/mol. The topological polar surface area (TPSA) is 12.0 Å². The van der Waals surface area contributed by atoms with Crippen LogP contribution in [-0.2, 0) is 6.42 Å². The van der Waals surface area contributed by atoms with E-state index in [2.05, 4.69) is 5.32 Å². The van der Waals surface area contributed by atoms with Crippen LogP contribution >= 0.6 is 0 Å². The predicted molar refractivity (Wildman–Crippen MR) is 72.9 cm³/mol. The van der Waals surface area contributed by atoms with Crippen LogP contribution in [0.2, 0.25) is 0 Å². The van der Waals surface area contributed by atoms with Crippen molar-refractivity contribution >= 4 is 0 Å². The van der Waals surface area contributed by atoms with Gasteiger partial charge in [0.2, 0.25) is 0 Å². The Morgan fingerprint density at radius 1 is 0.950 bits per heavy atom. The van der Waals surface area contributed by atoms with E-state index in [1.54, 1.807) is 12.1 Å². The maximum atomic E-state index is 13.3. The molecule has 0 aliphatic heterocycles. The molecule has 1 unspecified atom stereocenters. The van der Waals surface area contributed by atoms with Crippen molar-refractivity contribution in [2.24, 2.45) is 0 Å². The Morgan fingerprint density at radius 2 is 1.65 bits per heavy atom. The van der Waals surface area contributed by atoms with E-state index in [9.17, 15) is 13.2 Å². The van der Waals surface area contributed by atoms with Crippen LogP contribution in [0.5, 0.6) is 0 Å². The van der Waals surface area contributed by atoms with Crippen LogP contribution in [-0.4, -0.2) is 6.54 Å². The van der Waals surface area contributed by atoms with Crippen molar-refractivity contribution in [2.75, 3.05) is 6.54 Å². The van der Waals surface area contributed by atoms with Gasteiger partial charge in [0.25, 0.3) is 0 Å². The Balaban J connectivity index is 2.26. The number of rotatable bonds is 5. The Bertz CT molecular complexity index is 563. The van der Waals surface area contributed by atoms with Gasteiger partial charge in [-0.25, -0.2) is 13.2 Å². The van der Waals surface area contributed by atoms with Crippen molar-refractivity contribution in [3.63, 3.8) is 0 Å². The molecule has 0 radical (unpaired) electrons. The highest BCUT2D eigenvalue weighted by Crippen LogP contribution is 2.21. The minimum atomic E-state index is -0.609. The Labute approximate surface area is 116 Å². The smallest absolute Gasteiger partial charge is 0.126 e. The van der Waals surface area contributed by atoms with Gasteiger partial charge in [0.1, 0.15) is 17.5 Å². The summed E-state index contributed by atoms with van der Waals surface area (Å²) in [7, 11) is 0. The molecule has 0 amide bonds. The Morgan fingerprint density at radius 3 is 2.25 bits per heavy atom. The third-order valence-corrected chi connectivity index (χ3v) is 3.07. The molecule has 0 heterocycles. The summed E-state index contributed by atoms with van der Waals surface area (Å²) in [6.45, 7) is 2.56. The minimum absolute atomic E-state index is 0.257. The number of benzene rings is 2. The first-order chi connectivity index (χ1) is 9.58. The Kier molecular flexibility index (Phi) is 4.79. The second-order valence-corrected chi connectivity index (χ2v) is 4.65. The quantitative estimate of drug-likeness (QED) is 0.872. The molecule has 0 bridgehead atoms. The van der Waals surface area contributed by atoms with Gasteiger partial charge in [-0.15, -0.1) is 0 Å². The average Bonchev–Trinajstić information content (AvgIpc) is 2.37. The van der Waals surface area contributed by atoms with Crippen LogP contribution in [0.1, 0.15) is 24.1 Å². The number of hydrogen-bond donors (Lipinski definition) is 1. The summed E-state index contributed by atoms with van der Waals surface area (Å²) in [5.74, 6) is -1.53. The standard InChI is InChI=1S/C16H16F3N/c1-2-20-16(7-11-4-3-5-13(17)6-11)12-8-14(18)10-15(19)9-12/h3-6,8-10,16,20H,2,7H2,1H3. The molecule has 2 rings (SSSR count). The fraction of sp³-hybridized carbons (Fsp3) is 0.250. The molecule has 0 saturated carbocycles. The van der Waals surface area contributed by atoms with Crippen LogP contribution < -0.4 is 5.32 Å². The first-order valence-corrected chi connectivity index (χ1v) is 6.52. The van der Waals surface area contributed by atoms with E-state index in [1.807, 2.05) is 6.92 Å². The zero-order valence-electron chi connectivity index (χ0n) is 11.2. The molecule has 4 heteroatoms. The average molecular weight is 279 g/mol. The normalized spacial score (nSPS) is 12.4. The fourth-order valence-corrected chi connectivity index (χ4v) is 2.23. The van der Waals surface area contributed by atoms with Gasteiger partial charge in [-0.2, -0.15) is 0 Å². The first kappa shape index (κ1) is 14.6. The van der Waals surface area contributed by atoms with Crippen LogP contribution in [0, 0.1) is 17.5 Å². The lowest BCUT2D eigenvalue weighted by Gasteiger charge is -2.19. The molecule has 1 atom stereocenters. The van der Waals surface area contributed by atoms with E-state index < -0.39 is 11.6 Å². The van der Waals surface area contributed by atoms with Crippen LogP contribution in [0.25, 0.3) is 0 Å². The molecule has 20 heavy (non-hydrogen) atoms. The lowest BCUT2D eigenvalue weighted by atomic mass is 9.98. The third kappa shape index (κ3) is 3.84. The van der Waals surface area contributed by atoms with Gasteiger partial charge in [-0.05, 0) is 48.4 Å². The van der Waals surface area contributed by atoms with E-state index >= 15 is 0 Å². The molecule has 0 fully saturated rings. The maximum absolute atomic E-state index is 13.3. The van der Waals surface area contributed by atoms with Gasteiger partial charge in [0, 0.05) is 12.1 Å². The fourth-order valence-electron chi connectivity index (χ4n) is 2.23. The zero-order chi connectivity index (χ0) is 14.5. The first-order valence-electron chi connectivity index (χ1n) is 6.52. The predicted octanol–water partition coefficient (Wildman–Crippen LogP) is 4.00. The molecule has 1 nitrogen and oxygen atoms in total. The molecule has 2 aromatic rings. The molecule has 0 aromatic heterocycles. The second-order valence-electron chi connectivity index (χ2n) is 4.65. The third-order valence-electron chi connectivity index (χ3n) is 3.07. The van der Waals surface area contributed by atoms with Gasteiger partial charge < -0.3 is 5.32 Å². The number of halogens is 3. The lowest BCUT2D eigenvalue weighted by molar-refractivity contribution is 0.527. The van der Waals surface area contributed by atoms with Crippen LogP contribution in [0.3, 0.4) is 0 Å². The summed E-state index contributed by atoms with van der Waals surface area (Å²) in [4.78, 5) is 0. The summed E-state index contributed by atoms with van der Waals surface area (Å²) in [6.07, 6.45) is 0.467. The Hall–Kier alpha value is -1.81. The zero-order valence-corrected chi connectivity index (χ0v) is 11.2. The summed E-state index contributed by atoms with van der Waals surface area (Å²) in [6, 6.07) is 9.41. The van der Waals surface area contributed by atoms with Gasteiger partial charge >= 0.3 is 0 Å². The maximum Gasteiger partial charge on any atom is 0.126 e. The van der Waals surface area contributed by atoms with Gasteiger partial charge in [-0.3, -0.25) is 0 Å². The van der Waals surface area contributed by atoms with Crippen molar-refractivity contribution in [2.45, 2.75) is 19.4 Å². The van der Waals surface area contributed by atoms with E-state index in [-0.39, 0.29) is 11.9 Å². The van der Waals surface area contributed by atoms with E-state index in [0.717, 1.165) is 11.6 Å². The molecule has 2 aromatic carbocycles.